The summed E-state index contributed by atoms with van der Waals surface area (Å²) in [5.41, 5.74) is 1.29. The smallest absolute Gasteiger partial charge is 0.408 e. The first-order valence-corrected chi connectivity index (χ1v) is 7.40. The Kier molecular flexibility index (Phi) is 6.33. The number of carbonyl (C=O) groups is 2. The Morgan fingerprint density at radius 2 is 1.62 bits per heavy atom. The van der Waals surface area contributed by atoms with Gasteiger partial charge in [-0.15, -0.1) is 0 Å². The Labute approximate surface area is 140 Å². The van der Waals surface area contributed by atoms with E-state index in [2.05, 4.69) is 10.1 Å². The molecule has 0 fully saturated rings. The first kappa shape index (κ1) is 17.5. The van der Waals surface area contributed by atoms with E-state index >= 15 is 0 Å². The van der Waals surface area contributed by atoms with Gasteiger partial charge in [-0.25, -0.2) is 9.59 Å². The Morgan fingerprint density at radius 1 is 1.04 bits per heavy atom. The maximum atomic E-state index is 11.9. The van der Waals surface area contributed by atoms with E-state index in [1.807, 2.05) is 30.3 Å². The summed E-state index contributed by atoms with van der Waals surface area (Å²) in [5, 5.41) is 12.7. The van der Waals surface area contributed by atoms with Gasteiger partial charge in [-0.2, -0.15) is 0 Å². The number of nitrogens with one attached hydrogen (secondary N) is 1. The maximum Gasteiger partial charge on any atom is 0.408 e. The fraction of sp³-hybridized carbons (Fsp3) is 0.222. The van der Waals surface area contributed by atoms with Gasteiger partial charge in [0.15, 0.2) is 6.04 Å². The number of ether oxygens (including phenoxy) is 2. The van der Waals surface area contributed by atoms with Gasteiger partial charge in [0.05, 0.1) is 7.11 Å². The van der Waals surface area contributed by atoms with E-state index in [0.29, 0.717) is 5.56 Å². The van der Waals surface area contributed by atoms with Gasteiger partial charge in [-0.3, -0.25) is 0 Å². The molecule has 2 aromatic carbocycles. The van der Waals surface area contributed by atoms with Crippen LogP contribution >= 0.6 is 0 Å². The zero-order valence-corrected chi connectivity index (χ0v) is 13.2. The summed E-state index contributed by atoms with van der Waals surface area (Å²) in [6.07, 6.45) is -2.06. The minimum absolute atomic E-state index is 0.0575. The fourth-order valence-electron chi connectivity index (χ4n) is 2.13. The van der Waals surface area contributed by atoms with Gasteiger partial charge < -0.3 is 19.9 Å². The SMILES string of the molecule is COC(=O)[C@@H](NC(=O)OCc1ccccc1)[C@H](O)c1ccccc1. The normalized spacial score (nSPS) is 12.8. The van der Waals surface area contributed by atoms with Crippen molar-refractivity contribution >= 4 is 12.1 Å². The zero-order chi connectivity index (χ0) is 17.4. The molecule has 2 atom stereocenters. The van der Waals surface area contributed by atoms with E-state index in [9.17, 15) is 14.7 Å². The second-order valence-electron chi connectivity index (χ2n) is 5.06. The topological polar surface area (TPSA) is 84.9 Å². The molecule has 2 N–H and O–H groups in total. The molecule has 24 heavy (non-hydrogen) atoms. The molecule has 0 heterocycles. The van der Waals surface area contributed by atoms with Crippen LogP contribution in [0, 0.1) is 0 Å². The van der Waals surface area contributed by atoms with E-state index in [1.54, 1.807) is 30.3 Å². The molecule has 2 aromatic rings. The Morgan fingerprint density at radius 3 is 2.21 bits per heavy atom. The molecule has 6 heteroatoms. The van der Waals surface area contributed by atoms with Crippen LogP contribution in [0.15, 0.2) is 60.7 Å². The van der Waals surface area contributed by atoms with Gasteiger partial charge >= 0.3 is 12.1 Å². The number of hydrogen-bond donors (Lipinski definition) is 2. The molecule has 126 valence electrons. The van der Waals surface area contributed by atoms with E-state index in [1.165, 1.54) is 7.11 Å². The molecule has 2 rings (SSSR count). The van der Waals surface area contributed by atoms with Crippen molar-refractivity contribution in [1.29, 1.82) is 0 Å². The van der Waals surface area contributed by atoms with Gasteiger partial charge in [-0.1, -0.05) is 60.7 Å². The number of carbonyl (C=O) groups excluding carboxylic acids is 2. The highest BCUT2D eigenvalue weighted by Gasteiger charge is 2.31. The van der Waals surface area contributed by atoms with E-state index < -0.39 is 24.2 Å². The molecule has 0 aliphatic rings. The number of methoxy groups -OCH3 is 1. The van der Waals surface area contributed by atoms with E-state index in [4.69, 9.17) is 4.74 Å². The van der Waals surface area contributed by atoms with Gasteiger partial charge in [0.1, 0.15) is 12.7 Å². The van der Waals surface area contributed by atoms with Crippen LogP contribution in [0.4, 0.5) is 4.79 Å². The van der Waals surface area contributed by atoms with Gasteiger partial charge in [-0.05, 0) is 11.1 Å². The number of benzene rings is 2. The van der Waals surface area contributed by atoms with Crippen LogP contribution in [0.25, 0.3) is 0 Å². The molecule has 0 unspecified atom stereocenters. The van der Waals surface area contributed by atoms with Crippen molar-refractivity contribution in [3.05, 3.63) is 71.8 Å². The number of alkyl carbamates (subject to hydrolysis) is 1. The third-order valence-corrected chi connectivity index (χ3v) is 3.40. The lowest BCUT2D eigenvalue weighted by Gasteiger charge is -2.22. The lowest BCUT2D eigenvalue weighted by atomic mass is 10.0. The van der Waals surface area contributed by atoms with Crippen LogP contribution in [0.5, 0.6) is 0 Å². The van der Waals surface area contributed by atoms with Crippen LogP contribution in [0.3, 0.4) is 0 Å². The van der Waals surface area contributed by atoms with Crippen molar-refractivity contribution in [3.8, 4) is 0 Å². The summed E-state index contributed by atoms with van der Waals surface area (Å²) in [7, 11) is 1.18. The van der Waals surface area contributed by atoms with Crippen molar-refractivity contribution in [2.24, 2.45) is 0 Å². The molecule has 0 saturated heterocycles. The van der Waals surface area contributed by atoms with Crippen LogP contribution in [-0.2, 0) is 20.9 Å². The van der Waals surface area contributed by atoms with Crippen LogP contribution in [-0.4, -0.2) is 30.3 Å². The second kappa shape index (κ2) is 8.69. The first-order valence-electron chi connectivity index (χ1n) is 7.40. The van der Waals surface area contributed by atoms with Crippen LogP contribution in [0.1, 0.15) is 17.2 Å². The van der Waals surface area contributed by atoms with E-state index in [0.717, 1.165) is 5.56 Å². The number of amides is 1. The average Bonchev–Trinajstić information content (AvgIpc) is 2.65. The Bertz CT molecular complexity index is 660. The highest BCUT2D eigenvalue weighted by atomic mass is 16.6. The number of esters is 1. The summed E-state index contributed by atoms with van der Waals surface area (Å²) in [5.74, 6) is -0.761. The first-order chi connectivity index (χ1) is 11.6. The summed E-state index contributed by atoms with van der Waals surface area (Å²) >= 11 is 0. The average molecular weight is 329 g/mol. The molecule has 0 bridgehead atoms. The number of hydrogen-bond acceptors (Lipinski definition) is 5. The maximum absolute atomic E-state index is 11.9. The predicted octanol–water partition coefficient (Wildman–Crippen LogP) is 2.19. The van der Waals surface area contributed by atoms with Crippen molar-refractivity contribution < 1.29 is 24.2 Å². The molecule has 0 aliphatic heterocycles. The highest BCUT2D eigenvalue weighted by Crippen LogP contribution is 2.17. The largest absolute Gasteiger partial charge is 0.467 e. The molecule has 0 aliphatic carbocycles. The summed E-state index contributed by atoms with van der Waals surface area (Å²) in [6, 6.07) is 16.4. The van der Waals surface area contributed by atoms with Gasteiger partial charge in [0.25, 0.3) is 0 Å². The summed E-state index contributed by atoms with van der Waals surface area (Å²) < 4.78 is 9.72. The molecule has 0 radical (unpaired) electrons. The number of aliphatic hydroxyl groups excluding tert-OH is 1. The predicted molar refractivity (Wildman–Crippen MR) is 87.0 cm³/mol. The van der Waals surface area contributed by atoms with E-state index in [-0.39, 0.29) is 6.61 Å². The lowest BCUT2D eigenvalue weighted by molar-refractivity contribution is -0.146. The fourth-order valence-corrected chi connectivity index (χ4v) is 2.13. The summed E-state index contributed by atoms with van der Waals surface area (Å²) in [6.45, 7) is 0.0575. The minimum atomic E-state index is -1.26. The van der Waals surface area contributed by atoms with Crippen LogP contribution in [0.2, 0.25) is 0 Å². The number of rotatable bonds is 6. The molecule has 0 aromatic heterocycles. The lowest BCUT2D eigenvalue weighted by Crippen LogP contribution is -2.45. The molecular weight excluding hydrogens is 310 g/mol. The van der Waals surface area contributed by atoms with Gasteiger partial charge in [0.2, 0.25) is 0 Å². The zero-order valence-electron chi connectivity index (χ0n) is 13.2. The standard InChI is InChI=1S/C18H19NO5/c1-23-17(21)15(16(20)14-10-6-3-7-11-14)19-18(22)24-12-13-8-4-2-5-9-13/h2-11,15-16,20H,12H2,1H3,(H,19,22)/t15-,16+/m0/s1. The molecule has 6 nitrogen and oxygen atoms in total. The van der Waals surface area contributed by atoms with Crippen LogP contribution < -0.4 is 5.32 Å². The Balaban J connectivity index is 2.00. The number of aliphatic hydroxyl groups is 1. The summed E-state index contributed by atoms with van der Waals surface area (Å²) in [4.78, 5) is 23.8. The minimum Gasteiger partial charge on any atom is -0.467 e. The van der Waals surface area contributed by atoms with Crippen molar-refractivity contribution in [1.82, 2.24) is 5.32 Å². The Hall–Kier alpha value is -2.86. The van der Waals surface area contributed by atoms with Crippen molar-refractivity contribution in [2.45, 2.75) is 18.8 Å². The monoisotopic (exact) mass is 329 g/mol. The molecule has 0 saturated carbocycles. The third-order valence-electron chi connectivity index (χ3n) is 3.40. The molecule has 0 spiro atoms. The molecule has 1 amide bonds. The molecular formula is C18H19NO5. The third kappa shape index (κ3) is 4.82. The van der Waals surface area contributed by atoms with Gasteiger partial charge in [0, 0.05) is 0 Å². The second-order valence-corrected chi connectivity index (χ2v) is 5.06. The highest BCUT2D eigenvalue weighted by molar-refractivity contribution is 5.82. The van der Waals surface area contributed by atoms with Crippen molar-refractivity contribution in [2.75, 3.05) is 7.11 Å². The van der Waals surface area contributed by atoms with Crippen molar-refractivity contribution in [3.63, 3.8) is 0 Å². The quantitative estimate of drug-likeness (QED) is 0.794.